The van der Waals surface area contributed by atoms with Crippen LogP contribution in [0.25, 0.3) is 0 Å². The molecule has 0 atom stereocenters. The Morgan fingerprint density at radius 3 is 2.56 bits per heavy atom. The van der Waals surface area contributed by atoms with Gasteiger partial charge in [0, 0.05) is 19.0 Å². The van der Waals surface area contributed by atoms with Crippen LogP contribution in [0, 0.1) is 0 Å². The van der Waals surface area contributed by atoms with E-state index in [1.807, 2.05) is 0 Å². The molecule has 16 heavy (non-hydrogen) atoms. The Bertz CT molecular complexity index is 390. The van der Waals surface area contributed by atoms with Gasteiger partial charge in [0.25, 0.3) is 0 Å². The van der Waals surface area contributed by atoms with Crippen LogP contribution in [-0.2, 0) is 4.74 Å². The minimum Gasteiger partial charge on any atom is -0.378 e. The van der Waals surface area contributed by atoms with Crippen LogP contribution in [0.1, 0.15) is 24.6 Å². The van der Waals surface area contributed by atoms with Crippen LogP contribution in [0.5, 0.6) is 0 Å². The Morgan fingerprint density at radius 2 is 1.88 bits per heavy atom. The summed E-state index contributed by atoms with van der Waals surface area (Å²) < 4.78 is 5.30. The molecule has 86 valence electrons. The molecule has 2 fully saturated rings. The standard InChI is InChI=1S/C10H13ClN4O/c11-9-12-8(7-1-2-7)13-10(14-9)15-3-5-16-6-4-15/h7H,1-6H2. The SMILES string of the molecule is Clc1nc(C2CC2)nc(N2CCOCC2)n1. The first-order chi connectivity index (χ1) is 7.83. The molecule has 0 N–H and O–H groups in total. The minimum absolute atomic E-state index is 0.304. The summed E-state index contributed by atoms with van der Waals surface area (Å²) >= 11 is 5.92. The van der Waals surface area contributed by atoms with E-state index >= 15 is 0 Å². The molecule has 1 aromatic heterocycles. The first kappa shape index (κ1) is 10.2. The van der Waals surface area contributed by atoms with E-state index < -0.39 is 0 Å². The molecule has 3 rings (SSSR count). The van der Waals surface area contributed by atoms with Gasteiger partial charge in [0.1, 0.15) is 5.82 Å². The molecule has 0 unspecified atom stereocenters. The van der Waals surface area contributed by atoms with Crippen molar-refractivity contribution in [3.05, 3.63) is 11.1 Å². The molecule has 0 aromatic carbocycles. The van der Waals surface area contributed by atoms with Gasteiger partial charge in [-0.1, -0.05) is 0 Å². The summed E-state index contributed by atoms with van der Waals surface area (Å²) in [5.41, 5.74) is 0. The largest absolute Gasteiger partial charge is 0.378 e. The van der Waals surface area contributed by atoms with E-state index in [1.165, 1.54) is 12.8 Å². The van der Waals surface area contributed by atoms with Gasteiger partial charge in [0.05, 0.1) is 13.2 Å². The summed E-state index contributed by atoms with van der Waals surface area (Å²) in [4.78, 5) is 14.9. The van der Waals surface area contributed by atoms with Crippen molar-refractivity contribution in [1.82, 2.24) is 15.0 Å². The molecule has 5 nitrogen and oxygen atoms in total. The molecular formula is C10H13ClN4O. The lowest BCUT2D eigenvalue weighted by Gasteiger charge is -2.26. The summed E-state index contributed by atoms with van der Waals surface area (Å²) in [5, 5.41) is 0.304. The molecule has 2 aliphatic rings. The first-order valence-electron chi connectivity index (χ1n) is 5.57. The molecule has 2 heterocycles. The zero-order chi connectivity index (χ0) is 11.0. The van der Waals surface area contributed by atoms with Crippen LogP contribution >= 0.6 is 11.6 Å². The highest BCUT2D eigenvalue weighted by atomic mass is 35.5. The fourth-order valence-electron chi connectivity index (χ4n) is 1.78. The van der Waals surface area contributed by atoms with Crippen LogP contribution < -0.4 is 4.90 Å². The second-order valence-electron chi connectivity index (χ2n) is 4.14. The number of ether oxygens (including phenoxy) is 1. The topological polar surface area (TPSA) is 51.1 Å². The van der Waals surface area contributed by atoms with Crippen molar-refractivity contribution in [2.75, 3.05) is 31.2 Å². The van der Waals surface area contributed by atoms with Gasteiger partial charge in [-0.25, -0.2) is 4.98 Å². The number of morpholine rings is 1. The third-order valence-electron chi connectivity index (χ3n) is 2.85. The van der Waals surface area contributed by atoms with Crippen LogP contribution in [-0.4, -0.2) is 41.3 Å². The molecule has 1 saturated heterocycles. The second-order valence-corrected chi connectivity index (χ2v) is 4.47. The maximum absolute atomic E-state index is 5.92. The van der Waals surface area contributed by atoms with Crippen molar-refractivity contribution in [3.8, 4) is 0 Å². The summed E-state index contributed by atoms with van der Waals surface area (Å²) in [6.07, 6.45) is 2.34. The fourth-order valence-corrected chi connectivity index (χ4v) is 1.95. The lowest BCUT2D eigenvalue weighted by Crippen LogP contribution is -2.37. The first-order valence-corrected chi connectivity index (χ1v) is 5.95. The van der Waals surface area contributed by atoms with Gasteiger partial charge in [-0.3, -0.25) is 0 Å². The Hall–Kier alpha value is -0.940. The van der Waals surface area contributed by atoms with Crippen molar-refractivity contribution in [2.24, 2.45) is 0 Å². The van der Waals surface area contributed by atoms with Gasteiger partial charge in [-0.05, 0) is 24.4 Å². The van der Waals surface area contributed by atoms with Gasteiger partial charge in [0.2, 0.25) is 11.2 Å². The third kappa shape index (κ3) is 2.10. The van der Waals surface area contributed by atoms with E-state index in [9.17, 15) is 0 Å². The van der Waals surface area contributed by atoms with E-state index in [1.54, 1.807) is 0 Å². The smallest absolute Gasteiger partial charge is 0.230 e. The highest BCUT2D eigenvalue weighted by molar-refractivity contribution is 6.28. The molecule has 1 aromatic rings. The number of aromatic nitrogens is 3. The summed E-state index contributed by atoms with van der Waals surface area (Å²) in [6, 6.07) is 0. The predicted molar refractivity (Wildman–Crippen MR) is 59.8 cm³/mol. The quantitative estimate of drug-likeness (QED) is 0.779. The maximum Gasteiger partial charge on any atom is 0.230 e. The lowest BCUT2D eigenvalue weighted by atomic mass is 10.4. The zero-order valence-corrected chi connectivity index (χ0v) is 9.65. The van der Waals surface area contributed by atoms with E-state index in [2.05, 4.69) is 19.9 Å². The monoisotopic (exact) mass is 240 g/mol. The number of nitrogens with zero attached hydrogens (tertiary/aromatic N) is 4. The Labute approximate surface area is 98.8 Å². The minimum atomic E-state index is 0.304. The van der Waals surface area contributed by atoms with Crippen LogP contribution in [0.4, 0.5) is 5.95 Å². The summed E-state index contributed by atoms with van der Waals surface area (Å²) in [7, 11) is 0. The zero-order valence-electron chi connectivity index (χ0n) is 8.90. The number of hydrogen-bond acceptors (Lipinski definition) is 5. The van der Waals surface area contributed by atoms with Crippen molar-refractivity contribution in [3.63, 3.8) is 0 Å². The third-order valence-corrected chi connectivity index (χ3v) is 3.02. The molecule has 0 amide bonds. The van der Waals surface area contributed by atoms with Crippen LogP contribution in [0.15, 0.2) is 0 Å². The van der Waals surface area contributed by atoms with Gasteiger partial charge in [-0.15, -0.1) is 0 Å². The fraction of sp³-hybridized carbons (Fsp3) is 0.700. The lowest BCUT2D eigenvalue weighted by molar-refractivity contribution is 0.122. The molecule has 0 radical (unpaired) electrons. The summed E-state index contributed by atoms with van der Waals surface area (Å²) in [6.45, 7) is 3.10. The molecule has 1 saturated carbocycles. The van der Waals surface area contributed by atoms with Crippen molar-refractivity contribution >= 4 is 17.5 Å². The number of anilines is 1. The van der Waals surface area contributed by atoms with Crippen molar-refractivity contribution in [2.45, 2.75) is 18.8 Å². The van der Waals surface area contributed by atoms with E-state index in [-0.39, 0.29) is 0 Å². The number of rotatable bonds is 2. The number of hydrogen-bond donors (Lipinski definition) is 0. The molecule has 0 spiro atoms. The second kappa shape index (κ2) is 4.14. The van der Waals surface area contributed by atoms with Crippen LogP contribution in [0.2, 0.25) is 5.28 Å². The Balaban J connectivity index is 1.86. The highest BCUT2D eigenvalue weighted by Gasteiger charge is 2.28. The predicted octanol–water partition coefficient (Wildman–Crippen LogP) is 1.24. The maximum atomic E-state index is 5.92. The van der Waals surface area contributed by atoms with Crippen LogP contribution in [0.3, 0.4) is 0 Å². The average Bonchev–Trinajstić information content (AvgIpc) is 3.13. The van der Waals surface area contributed by atoms with E-state index in [0.717, 1.165) is 32.1 Å². The van der Waals surface area contributed by atoms with Gasteiger partial charge < -0.3 is 9.64 Å². The average molecular weight is 241 g/mol. The van der Waals surface area contributed by atoms with E-state index in [0.29, 0.717) is 17.1 Å². The number of halogens is 1. The summed E-state index contributed by atoms with van der Waals surface area (Å²) in [5.74, 6) is 2.05. The van der Waals surface area contributed by atoms with E-state index in [4.69, 9.17) is 16.3 Å². The Morgan fingerprint density at radius 1 is 1.12 bits per heavy atom. The van der Waals surface area contributed by atoms with Gasteiger partial charge in [0.15, 0.2) is 0 Å². The van der Waals surface area contributed by atoms with Gasteiger partial charge >= 0.3 is 0 Å². The Kier molecular flexibility index (Phi) is 2.65. The van der Waals surface area contributed by atoms with Crippen molar-refractivity contribution < 1.29 is 4.74 Å². The van der Waals surface area contributed by atoms with Gasteiger partial charge in [-0.2, -0.15) is 9.97 Å². The normalized spacial score (nSPS) is 21.2. The molecule has 1 aliphatic heterocycles. The molecule has 6 heteroatoms. The highest BCUT2D eigenvalue weighted by Crippen LogP contribution is 2.38. The molecular weight excluding hydrogens is 228 g/mol. The van der Waals surface area contributed by atoms with Crippen molar-refractivity contribution in [1.29, 1.82) is 0 Å². The molecule has 1 aliphatic carbocycles. The molecule has 0 bridgehead atoms.